The lowest BCUT2D eigenvalue weighted by Crippen LogP contribution is -2.51. The summed E-state index contributed by atoms with van der Waals surface area (Å²) in [4.78, 5) is 28.5. The van der Waals surface area contributed by atoms with Crippen molar-refractivity contribution in [1.82, 2.24) is 10.2 Å². The summed E-state index contributed by atoms with van der Waals surface area (Å²) in [5.74, 6) is 0.217. The van der Waals surface area contributed by atoms with Crippen molar-refractivity contribution in [1.29, 1.82) is 0 Å². The van der Waals surface area contributed by atoms with E-state index in [1.165, 1.54) is 0 Å². The van der Waals surface area contributed by atoms with Crippen molar-refractivity contribution in [3.63, 3.8) is 0 Å². The molecule has 0 aliphatic rings. The molecule has 2 amide bonds. The standard InChI is InChI=1S/C27H28Cl2N2O3/c1-3-30-27(33)25(16-19-9-5-4-6-10-19)31(18-20-11-7-12-21(15-20)34-2)26(32)17-22-23(28)13-8-14-24(22)29/h4-15,25H,3,16-18H2,1-2H3,(H,30,33)/t25-/m1/s1. The van der Waals surface area contributed by atoms with Gasteiger partial charge in [0.2, 0.25) is 11.8 Å². The Balaban J connectivity index is 2.00. The van der Waals surface area contributed by atoms with Crippen LogP contribution >= 0.6 is 23.2 Å². The molecule has 0 bridgehead atoms. The third-order valence-electron chi connectivity index (χ3n) is 5.50. The highest BCUT2D eigenvalue weighted by Gasteiger charge is 2.30. The van der Waals surface area contributed by atoms with Gasteiger partial charge in [-0.05, 0) is 47.9 Å². The van der Waals surface area contributed by atoms with Crippen molar-refractivity contribution in [2.75, 3.05) is 13.7 Å². The largest absolute Gasteiger partial charge is 0.497 e. The molecule has 0 spiro atoms. The van der Waals surface area contributed by atoms with E-state index in [1.807, 2.05) is 61.5 Å². The maximum absolute atomic E-state index is 13.7. The lowest BCUT2D eigenvalue weighted by atomic mass is 10.0. The maximum atomic E-state index is 13.7. The molecule has 0 saturated carbocycles. The number of benzene rings is 3. The molecule has 7 heteroatoms. The van der Waals surface area contributed by atoms with E-state index >= 15 is 0 Å². The van der Waals surface area contributed by atoms with E-state index < -0.39 is 6.04 Å². The number of rotatable bonds is 10. The normalized spacial score (nSPS) is 11.5. The number of amides is 2. The molecule has 3 aromatic carbocycles. The molecule has 178 valence electrons. The summed E-state index contributed by atoms with van der Waals surface area (Å²) in [5.41, 5.74) is 2.35. The first kappa shape index (κ1) is 25.6. The van der Waals surface area contributed by atoms with Crippen LogP contribution in [0.3, 0.4) is 0 Å². The molecule has 0 saturated heterocycles. The quantitative estimate of drug-likeness (QED) is 0.411. The van der Waals surface area contributed by atoms with E-state index in [9.17, 15) is 9.59 Å². The van der Waals surface area contributed by atoms with E-state index in [0.717, 1.165) is 11.1 Å². The van der Waals surface area contributed by atoms with Gasteiger partial charge in [-0.1, -0.05) is 71.7 Å². The summed E-state index contributed by atoms with van der Waals surface area (Å²) in [5, 5.41) is 3.72. The smallest absolute Gasteiger partial charge is 0.243 e. The molecular weight excluding hydrogens is 471 g/mol. The van der Waals surface area contributed by atoms with Gasteiger partial charge in [-0.25, -0.2) is 0 Å². The molecule has 0 unspecified atom stereocenters. The molecule has 0 aromatic heterocycles. The van der Waals surface area contributed by atoms with Crippen LogP contribution in [-0.4, -0.2) is 36.4 Å². The van der Waals surface area contributed by atoms with E-state index in [1.54, 1.807) is 30.2 Å². The molecule has 1 atom stereocenters. The number of nitrogens with zero attached hydrogens (tertiary/aromatic N) is 1. The molecule has 3 aromatic rings. The summed E-state index contributed by atoms with van der Waals surface area (Å²) in [6, 6.07) is 21.5. The number of nitrogens with one attached hydrogen (secondary N) is 1. The fraction of sp³-hybridized carbons (Fsp3) is 0.259. The van der Waals surface area contributed by atoms with Crippen LogP contribution in [0.25, 0.3) is 0 Å². The number of hydrogen-bond donors (Lipinski definition) is 1. The molecule has 0 fully saturated rings. The Kier molecular flexibility index (Phi) is 9.37. The second-order valence-corrected chi connectivity index (χ2v) is 8.66. The first-order valence-electron chi connectivity index (χ1n) is 11.1. The Bertz CT molecular complexity index is 1100. The number of hydrogen-bond acceptors (Lipinski definition) is 3. The van der Waals surface area contributed by atoms with Crippen molar-refractivity contribution in [2.45, 2.75) is 32.4 Å². The van der Waals surface area contributed by atoms with Crippen molar-refractivity contribution in [2.24, 2.45) is 0 Å². The van der Waals surface area contributed by atoms with Crippen LogP contribution < -0.4 is 10.1 Å². The third-order valence-corrected chi connectivity index (χ3v) is 6.21. The Morgan fingerprint density at radius 2 is 1.59 bits per heavy atom. The van der Waals surface area contributed by atoms with Crippen LogP contribution in [0.1, 0.15) is 23.6 Å². The van der Waals surface area contributed by atoms with Crippen LogP contribution in [0.4, 0.5) is 0 Å². The summed E-state index contributed by atoms with van der Waals surface area (Å²) < 4.78 is 5.35. The average Bonchev–Trinajstić information content (AvgIpc) is 2.84. The highest BCUT2D eigenvalue weighted by atomic mass is 35.5. The van der Waals surface area contributed by atoms with Crippen LogP contribution in [0.15, 0.2) is 72.8 Å². The fourth-order valence-corrected chi connectivity index (χ4v) is 4.30. The molecule has 0 heterocycles. The van der Waals surface area contributed by atoms with Crippen molar-refractivity contribution >= 4 is 35.0 Å². The monoisotopic (exact) mass is 498 g/mol. The molecule has 3 rings (SSSR count). The third kappa shape index (κ3) is 6.75. The van der Waals surface area contributed by atoms with Crippen molar-refractivity contribution < 1.29 is 14.3 Å². The van der Waals surface area contributed by atoms with Gasteiger partial charge in [0.25, 0.3) is 0 Å². The Morgan fingerprint density at radius 3 is 2.24 bits per heavy atom. The average molecular weight is 499 g/mol. The minimum Gasteiger partial charge on any atom is -0.497 e. The summed E-state index contributed by atoms with van der Waals surface area (Å²) >= 11 is 12.7. The first-order valence-corrected chi connectivity index (χ1v) is 11.9. The van der Waals surface area contributed by atoms with Gasteiger partial charge in [-0.15, -0.1) is 0 Å². The number of likely N-dealkylation sites (N-methyl/N-ethyl adjacent to an activating group) is 1. The van der Waals surface area contributed by atoms with Gasteiger partial charge in [0.05, 0.1) is 13.5 Å². The van der Waals surface area contributed by atoms with Gasteiger partial charge in [0.15, 0.2) is 0 Å². The Morgan fingerprint density at radius 1 is 0.941 bits per heavy atom. The number of carbonyl (C=O) groups excluding carboxylic acids is 2. The van der Waals surface area contributed by atoms with Gasteiger partial charge >= 0.3 is 0 Å². The van der Waals surface area contributed by atoms with Gasteiger partial charge in [0.1, 0.15) is 11.8 Å². The van der Waals surface area contributed by atoms with Gasteiger partial charge in [-0.2, -0.15) is 0 Å². The van der Waals surface area contributed by atoms with Crippen LogP contribution in [0.5, 0.6) is 5.75 Å². The van der Waals surface area contributed by atoms with E-state index in [0.29, 0.717) is 34.3 Å². The minimum atomic E-state index is -0.720. The second-order valence-electron chi connectivity index (χ2n) is 7.85. The number of methoxy groups -OCH3 is 1. The molecule has 34 heavy (non-hydrogen) atoms. The molecular formula is C27H28Cl2N2O3. The van der Waals surface area contributed by atoms with E-state index in [-0.39, 0.29) is 24.8 Å². The van der Waals surface area contributed by atoms with Crippen molar-refractivity contribution in [3.05, 3.63) is 99.5 Å². The number of ether oxygens (including phenoxy) is 1. The maximum Gasteiger partial charge on any atom is 0.243 e. The summed E-state index contributed by atoms with van der Waals surface area (Å²) in [6.45, 7) is 2.55. The SMILES string of the molecule is CCNC(=O)[C@@H](Cc1ccccc1)N(Cc1cccc(OC)c1)C(=O)Cc1c(Cl)cccc1Cl. The van der Waals surface area contributed by atoms with Crippen LogP contribution in [-0.2, 0) is 29.0 Å². The number of halogens is 2. The molecule has 0 aliphatic heterocycles. The molecule has 1 N–H and O–H groups in total. The summed E-state index contributed by atoms with van der Waals surface area (Å²) in [6.07, 6.45) is 0.353. The Labute approximate surface area is 210 Å². The second kappa shape index (κ2) is 12.4. The van der Waals surface area contributed by atoms with Gasteiger partial charge in [0, 0.05) is 29.6 Å². The van der Waals surface area contributed by atoms with Crippen LogP contribution in [0, 0.1) is 0 Å². The topological polar surface area (TPSA) is 58.6 Å². The zero-order valence-corrected chi connectivity index (χ0v) is 20.8. The zero-order valence-electron chi connectivity index (χ0n) is 19.3. The predicted molar refractivity (Wildman–Crippen MR) is 136 cm³/mol. The highest BCUT2D eigenvalue weighted by molar-refractivity contribution is 6.36. The van der Waals surface area contributed by atoms with E-state index in [4.69, 9.17) is 27.9 Å². The highest BCUT2D eigenvalue weighted by Crippen LogP contribution is 2.26. The van der Waals surface area contributed by atoms with E-state index in [2.05, 4.69) is 5.32 Å². The van der Waals surface area contributed by atoms with Crippen LogP contribution in [0.2, 0.25) is 10.0 Å². The molecule has 5 nitrogen and oxygen atoms in total. The predicted octanol–water partition coefficient (Wildman–Crippen LogP) is 5.32. The Hall–Kier alpha value is -3.02. The van der Waals surface area contributed by atoms with Gasteiger partial charge < -0.3 is 15.0 Å². The first-order chi connectivity index (χ1) is 16.4. The minimum absolute atomic E-state index is 0.0207. The molecule has 0 aliphatic carbocycles. The van der Waals surface area contributed by atoms with Crippen molar-refractivity contribution in [3.8, 4) is 5.75 Å². The summed E-state index contributed by atoms with van der Waals surface area (Å²) in [7, 11) is 1.59. The fourth-order valence-electron chi connectivity index (χ4n) is 3.77. The zero-order chi connectivity index (χ0) is 24.5. The van der Waals surface area contributed by atoms with Gasteiger partial charge in [-0.3, -0.25) is 9.59 Å². The molecule has 0 radical (unpaired) electrons. The lowest BCUT2D eigenvalue weighted by molar-refractivity contribution is -0.140. The lowest BCUT2D eigenvalue weighted by Gasteiger charge is -2.32. The number of carbonyl (C=O) groups is 2.